The van der Waals surface area contributed by atoms with Gasteiger partial charge >= 0.3 is 6.01 Å². The summed E-state index contributed by atoms with van der Waals surface area (Å²) in [5, 5.41) is 12.8. The van der Waals surface area contributed by atoms with Crippen molar-refractivity contribution in [1.29, 1.82) is 0 Å². The molecule has 8 heteroatoms. The van der Waals surface area contributed by atoms with Crippen molar-refractivity contribution in [2.24, 2.45) is 5.16 Å². The minimum Gasteiger partial charge on any atom is -0.466 e. The first-order chi connectivity index (χ1) is 10.3. The molecular formula is C13H13N5O3. The van der Waals surface area contributed by atoms with Crippen LogP contribution in [0.5, 0.6) is 6.01 Å². The Morgan fingerprint density at radius 3 is 2.95 bits per heavy atom. The number of H-pyrrole nitrogens is 1. The van der Waals surface area contributed by atoms with Crippen LogP contribution in [0.25, 0.3) is 0 Å². The van der Waals surface area contributed by atoms with E-state index in [0.717, 1.165) is 11.3 Å². The van der Waals surface area contributed by atoms with Crippen molar-refractivity contribution >= 4 is 17.6 Å². The van der Waals surface area contributed by atoms with Crippen molar-refractivity contribution in [2.75, 3.05) is 12.4 Å². The second-order valence-electron chi connectivity index (χ2n) is 4.36. The van der Waals surface area contributed by atoms with Crippen LogP contribution >= 0.6 is 0 Å². The summed E-state index contributed by atoms with van der Waals surface area (Å²) in [6.45, 7) is 0. The summed E-state index contributed by atoms with van der Waals surface area (Å²) >= 11 is 0. The monoisotopic (exact) mass is 287 g/mol. The standard InChI is InChI=1S/C13H13N5O3/c1-20-13-15-12(16-17-13)14-11(19)10-7-9(18-21-10)8-5-3-2-4-6-8/h2-6,10H,7H2,1H3,(H2,14,15,16,17,19). The SMILES string of the molecule is COc1n[nH]c(NC(=O)C2CC(c3ccccc3)=NO2)n1. The van der Waals surface area contributed by atoms with Gasteiger partial charge in [0.2, 0.25) is 12.1 Å². The predicted octanol–water partition coefficient (Wildman–Crippen LogP) is 0.945. The molecule has 0 fully saturated rings. The Morgan fingerprint density at radius 2 is 2.24 bits per heavy atom. The number of rotatable bonds is 4. The van der Waals surface area contributed by atoms with Crippen molar-refractivity contribution in [3.63, 3.8) is 0 Å². The van der Waals surface area contributed by atoms with Crippen molar-refractivity contribution in [1.82, 2.24) is 15.2 Å². The highest BCUT2D eigenvalue weighted by Gasteiger charge is 2.29. The van der Waals surface area contributed by atoms with Gasteiger partial charge in [0.1, 0.15) is 0 Å². The summed E-state index contributed by atoms with van der Waals surface area (Å²) < 4.78 is 4.82. The molecule has 1 unspecified atom stereocenters. The lowest BCUT2D eigenvalue weighted by molar-refractivity contribution is -0.125. The Balaban J connectivity index is 1.61. The van der Waals surface area contributed by atoms with E-state index in [4.69, 9.17) is 9.57 Å². The second-order valence-corrected chi connectivity index (χ2v) is 4.36. The van der Waals surface area contributed by atoms with Crippen LogP contribution in [0.2, 0.25) is 0 Å². The molecule has 0 saturated heterocycles. The molecule has 1 amide bonds. The van der Waals surface area contributed by atoms with Crippen LogP contribution in [0, 0.1) is 0 Å². The van der Waals surface area contributed by atoms with Gasteiger partial charge in [0.15, 0.2) is 0 Å². The maximum Gasteiger partial charge on any atom is 0.336 e. The number of carbonyl (C=O) groups is 1. The number of ether oxygens (including phenoxy) is 1. The first-order valence-corrected chi connectivity index (χ1v) is 6.31. The molecule has 1 aromatic heterocycles. The number of aromatic nitrogens is 3. The third kappa shape index (κ3) is 2.83. The van der Waals surface area contributed by atoms with Crippen molar-refractivity contribution in [3.05, 3.63) is 35.9 Å². The molecule has 2 heterocycles. The third-order valence-electron chi connectivity index (χ3n) is 2.96. The Kier molecular flexibility index (Phi) is 3.50. The van der Waals surface area contributed by atoms with Crippen LogP contribution in [0.15, 0.2) is 35.5 Å². The van der Waals surface area contributed by atoms with Gasteiger partial charge in [-0.3, -0.25) is 10.1 Å². The van der Waals surface area contributed by atoms with E-state index >= 15 is 0 Å². The van der Waals surface area contributed by atoms with E-state index < -0.39 is 6.10 Å². The molecule has 0 saturated carbocycles. The number of benzene rings is 1. The fraction of sp³-hybridized carbons (Fsp3) is 0.231. The highest BCUT2D eigenvalue weighted by atomic mass is 16.6. The molecule has 0 radical (unpaired) electrons. The highest BCUT2D eigenvalue weighted by molar-refractivity contribution is 6.05. The summed E-state index contributed by atoms with van der Waals surface area (Å²) in [5.74, 6) is -0.142. The fourth-order valence-electron chi connectivity index (χ4n) is 1.91. The summed E-state index contributed by atoms with van der Waals surface area (Å²) in [6, 6.07) is 9.73. The van der Waals surface area contributed by atoms with E-state index in [1.165, 1.54) is 7.11 Å². The molecule has 1 atom stereocenters. The number of methoxy groups -OCH3 is 1. The molecule has 108 valence electrons. The highest BCUT2D eigenvalue weighted by Crippen LogP contribution is 2.17. The Bertz CT molecular complexity index is 667. The number of amides is 1. The lowest BCUT2D eigenvalue weighted by atomic mass is 10.1. The Morgan fingerprint density at radius 1 is 1.43 bits per heavy atom. The Hall–Kier alpha value is -2.90. The first-order valence-electron chi connectivity index (χ1n) is 6.31. The minimum atomic E-state index is -0.684. The molecule has 8 nitrogen and oxygen atoms in total. The van der Waals surface area contributed by atoms with Crippen LogP contribution in [-0.4, -0.2) is 40.0 Å². The number of nitrogens with one attached hydrogen (secondary N) is 2. The normalized spacial score (nSPS) is 17.0. The zero-order valence-electron chi connectivity index (χ0n) is 11.2. The van der Waals surface area contributed by atoms with E-state index in [9.17, 15) is 4.79 Å². The van der Waals surface area contributed by atoms with Crippen molar-refractivity contribution in [3.8, 4) is 6.01 Å². The number of carbonyl (C=O) groups excluding carboxylic acids is 1. The van der Waals surface area contributed by atoms with Gasteiger partial charge in [0.25, 0.3) is 5.91 Å². The first kappa shape index (κ1) is 13.1. The van der Waals surface area contributed by atoms with E-state index in [1.807, 2.05) is 30.3 Å². The molecule has 21 heavy (non-hydrogen) atoms. The maximum absolute atomic E-state index is 12.1. The summed E-state index contributed by atoms with van der Waals surface area (Å²) in [6.07, 6.45) is -0.280. The van der Waals surface area contributed by atoms with E-state index in [-0.39, 0.29) is 17.9 Å². The van der Waals surface area contributed by atoms with E-state index in [1.54, 1.807) is 0 Å². The number of oxime groups is 1. The molecule has 2 N–H and O–H groups in total. The van der Waals surface area contributed by atoms with Gasteiger partial charge < -0.3 is 9.57 Å². The van der Waals surface area contributed by atoms with Crippen LogP contribution in [0.1, 0.15) is 12.0 Å². The molecule has 1 aromatic carbocycles. The molecule has 2 aromatic rings. The summed E-state index contributed by atoms with van der Waals surface area (Å²) in [7, 11) is 1.44. The zero-order chi connectivity index (χ0) is 14.7. The summed E-state index contributed by atoms with van der Waals surface area (Å²) in [5.41, 5.74) is 1.68. The topological polar surface area (TPSA) is 101 Å². The van der Waals surface area contributed by atoms with Gasteiger partial charge in [-0.05, 0) is 5.56 Å². The average Bonchev–Trinajstić information content (AvgIpc) is 3.17. The lowest BCUT2D eigenvalue weighted by Gasteiger charge is -2.06. The van der Waals surface area contributed by atoms with Crippen molar-refractivity contribution < 1.29 is 14.4 Å². The second kappa shape index (κ2) is 5.61. The maximum atomic E-state index is 12.1. The number of anilines is 1. The molecular weight excluding hydrogens is 274 g/mol. The minimum absolute atomic E-state index is 0.152. The van der Waals surface area contributed by atoms with E-state index in [2.05, 4.69) is 25.7 Å². The largest absolute Gasteiger partial charge is 0.466 e. The van der Waals surface area contributed by atoms with Gasteiger partial charge in [-0.15, -0.1) is 5.10 Å². The smallest absolute Gasteiger partial charge is 0.336 e. The van der Waals surface area contributed by atoms with Crippen LogP contribution in [0.4, 0.5) is 5.95 Å². The summed E-state index contributed by atoms with van der Waals surface area (Å²) in [4.78, 5) is 21.1. The van der Waals surface area contributed by atoms with Gasteiger partial charge in [-0.25, -0.2) is 5.10 Å². The number of hydrogen-bond acceptors (Lipinski definition) is 6. The molecule has 0 bridgehead atoms. The third-order valence-corrected chi connectivity index (χ3v) is 2.96. The fourth-order valence-corrected chi connectivity index (χ4v) is 1.91. The molecule has 1 aliphatic rings. The molecule has 3 rings (SSSR count). The number of aromatic amines is 1. The Labute approximate surface area is 120 Å². The quantitative estimate of drug-likeness (QED) is 0.871. The average molecular weight is 287 g/mol. The van der Waals surface area contributed by atoms with Gasteiger partial charge in [0, 0.05) is 6.42 Å². The number of nitrogens with zero attached hydrogens (tertiary/aromatic N) is 3. The van der Waals surface area contributed by atoms with Crippen LogP contribution in [-0.2, 0) is 9.63 Å². The van der Waals surface area contributed by atoms with Gasteiger partial charge in [-0.2, -0.15) is 4.98 Å². The molecule has 1 aliphatic heterocycles. The van der Waals surface area contributed by atoms with E-state index in [0.29, 0.717) is 6.42 Å². The van der Waals surface area contributed by atoms with Crippen LogP contribution in [0.3, 0.4) is 0 Å². The van der Waals surface area contributed by atoms with Gasteiger partial charge in [-0.1, -0.05) is 35.5 Å². The molecule has 0 aliphatic carbocycles. The van der Waals surface area contributed by atoms with Crippen LogP contribution < -0.4 is 10.1 Å². The predicted molar refractivity (Wildman–Crippen MR) is 74.0 cm³/mol. The molecule has 0 spiro atoms. The number of hydrogen-bond donors (Lipinski definition) is 2. The van der Waals surface area contributed by atoms with Crippen molar-refractivity contribution in [2.45, 2.75) is 12.5 Å². The lowest BCUT2D eigenvalue weighted by Crippen LogP contribution is -2.28. The zero-order valence-corrected chi connectivity index (χ0v) is 11.2. The van der Waals surface area contributed by atoms with Gasteiger partial charge in [0.05, 0.1) is 12.8 Å².